The number of halogens is 2. The fourth-order valence-electron chi connectivity index (χ4n) is 4.59. The molecule has 0 aliphatic heterocycles. The van der Waals surface area contributed by atoms with E-state index in [2.05, 4.69) is 39.7 Å². The molecule has 2 amide bonds. The molecular formula is C29H28ClFN6O2. The summed E-state index contributed by atoms with van der Waals surface area (Å²) < 4.78 is 15.8. The quantitative estimate of drug-likeness (QED) is 0.323. The number of rotatable bonds is 8. The number of para-hydroxylation sites is 1. The van der Waals surface area contributed by atoms with E-state index in [1.54, 1.807) is 6.07 Å². The Kier molecular flexibility index (Phi) is 7.72. The van der Waals surface area contributed by atoms with Gasteiger partial charge in [-0.15, -0.1) is 0 Å². The van der Waals surface area contributed by atoms with Crippen LogP contribution in [0.2, 0.25) is 5.02 Å². The lowest BCUT2D eigenvalue weighted by atomic mass is 9.79. The van der Waals surface area contributed by atoms with Crippen LogP contribution in [-0.2, 0) is 0 Å². The minimum atomic E-state index is -0.536. The third-order valence-electron chi connectivity index (χ3n) is 6.92. The van der Waals surface area contributed by atoms with E-state index in [-0.39, 0.29) is 33.7 Å². The van der Waals surface area contributed by atoms with Crippen LogP contribution in [0.3, 0.4) is 0 Å². The fraction of sp³-hybridized carbons (Fsp3) is 0.241. The summed E-state index contributed by atoms with van der Waals surface area (Å²) in [7, 11) is 4.12. The summed E-state index contributed by atoms with van der Waals surface area (Å²) in [6, 6.07) is 18.6. The number of pyridine rings is 1. The Morgan fingerprint density at radius 3 is 2.54 bits per heavy atom. The monoisotopic (exact) mass is 546 g/mol. The Labute approximate surface area is 230 Å². The van der Waals surface area contributed by atoms with Gasteiger partial charge in [0.25, 0.3) is 11.8 Å². The molecule has 10 heteroatoms. The van der Waals surface area contributed by atoms with Crippen molar-refractivity contribution >= 4 is 29.2 Å². The van der Waals surface area contributed by atoms with Gasteiger partial charge >= 0.3 is 0 Å². The molecule has 200 valence electrons. The second kappa shape index (κ2) is 11.3. The maximum Gasteiger partial charge on any atom is 0.271 e. The highest BCUT2D eigenvalue weighted by Gasteiger charge is 2.31. The smallest absolute Gasteiger partial charge is 0.271 e. The van der Waals surface area contributed by atoms with Gasteiger partial charge in [-0.3, -0.25) is 14.6 Å². The lowest BCUT2D eigenvalue weighted by Gasteiger charge is -2.39. The van der Waals surface area contributed by atoms with E-state index < -0.39 is 11.7 Å². The predicted octanol–water partition coefficient (Wildman–Crippen LogP) is 5.05. The predicted molar refractivity (Wildman–Crippen MR) is 149 cm³/mol. The summed E-state index contributed by atoms with van der Waals surface area (Å²) in [5, 5.41) is 10.5. The Bertz CT molecular complexity index is 1500. The number of anilines is 1. The van der Waals surface area contributed by atoms with Gasteiger partial charge in [0.2, 0.25) is 0 Å². The summed E-state index contributed by atoms with van der Waals surface area (Å²) in [5.74, 6) is -0.651. The first-order chi connectivity index (χ1) is 18.8. The van der Waals surface area contributed by atoms with Crippen LogP contribution < -0.4 is 10.6 Å². The molecule has 2 aromatic carbocycles. The molecule has 0 radical (unpaired) electrons. The molecule has 0 spiro atoms. The molecule has 2 N–H and O–H groups in total. The highest BCUT2D eigenvalue weighted by Crippen LogP contribution is 2.30. The van der Waals surface area contributed by atoms with Gasteiger partial charge in [0.05, 0.1) is 16.3 Å². The van der Waals surface area contributed by atoms with E-state index in [1.807, 2.05) is 30.3 Å². The summed E-state index contributed by atoms with van der Waals surface area (Å²) in [5.41, 5.74) is 1.49. The summed E-state index contributed by atoms with van der Waals surface area (Å²) >= 11 is 6.35. The summed E-state index contributed by atoms with van der Waals surface area (Å²) in [6.07, 6.45) is 3.55. The molecule has 1 saturated carbocycles. The molecule has 0 bridgehead atoms. The van der Waals surface area contributed by atoms with Gasteiger partial charge in [-0.1, -0.05) is 35.9 Å². The highest BCUT2D eigenvalue weighted by molar-refractivity contribution is 6.34. The maximum atomic E-state index is 14.3. The average molecular weight is 547 g/mol. The van der Waals surface area contributed by atoms with Crippen molar-refractivity contribution < 1.29 is 14.0 Å². The molecule has 0 atom stereocenters. The van der Waals surface area contributed by atoms with Gasteiger partial charge in [-0.05, 0) is 69.3 Å². The summed E-state index contributed by atoms with van der Waals surface area (Å²) in [6.45, 7) is 0.565. The lowest BCUT2D eigenvalue weighted by molar-refractivity contribution is 0.0887. The Morgan fingerprint density at radius 1 is 1.05 bits per heavy atom. The minimum absolute atomic E-state index is 0.111. The van der Waals surface area contributed by atoms with Crippen LogP contribution in [0.15, 0.2) is 72.9 Å². The molecule has 0 unspecified atom stereocenters. The number of hydrogen-bond acceptors (Lipinski definition) is 5. The normalized spacial score (nSPS) is 16.5. The van der Waals surface area contributed by atoms with Crippen LogP contribution in [0.4, 0.5) is 10.2 Å². The zero-order valence-electron chi connectivity index (χ0n) is 21.6. The summed E-state index contributed by atoms with van der Waals surface area (Å²) in [4.78, 5) is 32.6. The van der Waals surface area contributed by atoms with Gasteiger partial charge in [0.15, 0.2) is 5.69 Å². The molecule has 1 aliphatic carbocycles. The molecule has 39 heavy (non-hydrogen) atoms. The molecule has 2 aromatic heterocycles. The number of nitrogens with zero attached hydrogens (tertiary/aromatic N) is 4. The second-order valence-electron chi connectivity index (χ2n) is 9.81. The van der Waals surface area contributed by atoms with Crippen LogP contribution in [0.25, 0.3) is 16.9 Å². The van der Waals surface area contributed by atoms with Crippen LogP contribution in [0.1, 0.15) is 33.7 Å². The zero-order valence-corrected chi connectivity index (χ0v) is 22.3. The number of aromatic nitrogens is 3. The van der Waals surface area contributed by atoms with E-state index in [0.29, 0.717) is 29.8 Å². The van der Waals surface area contributed by atoms with Gasteiger partial charge in [0, 0.05) is 30.4 Å². The lowest BCUT2D eigenvalue weighted by Crippen LogP contribution is -2.45. The van der Waals surface area contributed by atoms with E-state index in [4.69, 9.17) is 11.6 Å². The highest BCUT2D eigenvalue weighted by atomic mass is 35.5. The molecule has 1 aliphatic rings. The van der Waals surface area contributed by atoms with E-state index in [9.17, 15) is 14.0 Å². The number of hydrogen-bond donors (Lipinski definition) is 2. The number of amides is 2. The molecular weight excluding hydrogens is 519 g/mol. The van der Waals surface area contributed by atoms with Gasteiger partial charge in [-0.25, -0.2) is 9.07 Å². The van der Waals surface area contributed by atoms with Crippen molar-refractivity contribution in [1.82, 2.24) is 25.0 Å². The van der Waals surface area contributed by atoms with E-state index in [0.717, 1.165) is 12.8 Å². The van der Waals surface area contributed by atoms with Crippen molar-refractivity contribution in [1.29, 1.82) is 0 Å². The Hall–Kier alpha value is -4.08. The molecule has 4 aromatic rings. The third kappa shape index (κ3) is 5.84. The van der Waals surface area contributed by atoms with E-state index in [1.165, 1.54) is 41.2 Å². The van der Waals surface area contributed by atoms with Crippen LogP contribution in [0, 0.1) is 11.7 Å². The van der Waals surface area contributed by atoms with Crippen molar-refractivity contribution in [2.24, 2.45) is 5.92 Å². The average Bonchev–Trinajstić information content (AvgIpc) is 3.32. The SMILES string of the molecule is CN(C)C1CC(CNC(=O)c2cc(NC(=O)c3cc(-c4ncccc4F)ccc3Cl)n(-c3ccccc3)n2)C1. The molecule has 2 heterocycles. The number of nitrogens with one attached hydrogen (secondary N) is 2. The van der Waals surface area contributed by atoms with E-state index >= 15 is 0 Å². The number of carbonyl (C=O) groups excluding carboxylic acids is 2. The van der Waals surface area contributed by atoms with Crippen molar-refractivity contribution in [3.8, 4) is 16.9 Å². The molecule has 8 nitrogen and oxygen atoms in total. The van der Waals surface area contributed by atoms with Crippen LogP contribution in [0.5, 0.6) is 0 Å². The van der Waals surface area contributed by atoms with Gasteiger partial charge in [0.1, 0.15) is 17.3 Å². The standard InChI is InChI=1S/C29H28ClFN6O2/c1-36(2)21-13-18(14-21)17-33-29(39)25-16-26(37(35-25)20-7-4-3-5-8-20)34-28(38)22-15-19(10-11-23(22)30)27-24(31)9-6-12-32-27/h3-12,15-16,18,21H,13-14,17H2,1-2H3,(H,33,39)(H,34,38). The number of carbonyl (C=O) groups is 2. The fourth-order valence-corrected chi connectivity index (χ4v) is 4.80. The Balaban J connectivity index is 1.38. The molecule has 5 rings (SSSR count). The number of benzene rings is 2. The van der Waals surface area contributed by atoms with Gasteiger partial charge < -0.3 is 15.5 Å². The molecule has 0 saturated heterocycles. The first-order valence-electron chi connectivity index (χ1n) is 12.6. The first-order valence-corrected chi connectivity index (χ1v) is 13.0. The first kappa shape index (κ1) is 26.5. The van der Waals surface area contributed by atoms with Crippen molar-refractivity contribution in [2.45, 2.75) is 18.9 Å². The van der Waals surface area contributed by atoms with Gasteiger partial charge in [-0.2, -0.15) is 5.10 Å². The minimum Gasteiger partial charge on any atom is -0.350 e. The molecule has 1 fully saturated rings. The van der Waals surface area contributed by atoms with Crippen molar-refractivity contribution in [3.05, 3.63) is 95.0 Å². The largest absolute Gasteiger partial charge is 0.350 e. The van der Waals surface area contributed by atoms with Crippen LogP contribution in [-0.4, -0.2) is 58.2 Å². The maximum absolute atomic E-state index is 14.3. The third-order valence-corrected chi connectivity index (χ3v) is 7.25. The van der Waals surface area contributed by atoms with Crippen molar-refractivity contribution in [2.75, 3.05) is 26.0 Å². The van der Waals surface area contributed by atoms with Crippen molar-refractivity contribution in [3.63, 3.8) is 0 Å². The Morgan fingerprint density at radius 2 is 1.82 bits per heavy atom. The van der Waals surface area contributed by atoms with Crippen LogP contribution >= 0.6 is 11.6 Å². The topological polar surface area (TPSA) is 92.2 Å². The second-order valence-corrected chi connectivity index (χ2v) is 10.2. The zero-order chi connectivity index (χ0) is 27.5.